The molecular weight excluding hydrogens is 386 g/mol. The van der Waals surface area contributed by atoms with Gasteiger partial charge in [-0.05, 0) is 37.1 Å². The molecule has 1 atom stereocenters. The number of hydrogen-bond donors (Lipinski definition) is 1. The monoisotopic (exact) mass is 415 g/mol. The summed E-state index contributed by atoms with van der Waals surface area (Å²) in [5.41, 5.74) is 2.71. The first-order chi connectivity index (χ1) is 15.3. The van der Waals surface area contributed by atoms with Gasteiger partial charge >= 0.3 is 0 Å². The van der Waals surface area contributed by atoms with Crippen LogP contribution in [0.1, 0.15) is 46.9 Å². The second kappa shape index (κ2) is 10.7. The topological polar surface area (TPSA) is 63.1 Å². The predicted molar refractivity (Wildman–Crippen MR) is 122 cm³/mol. The summed E-state index contributed by atoms with van der Waals surface area (Å²) in [6.07, 6.45) is 9.44. The number of benzene rings is 2. The van der Waals surface area contributed by atoms with Crippen molar-refractivity contribution in [1.29, 1.82) is 0 Å². The van der Waals surface area contributed by atoms with Gasteiger partial charge in [-0.1, -0.05) is 84.4 Å². The molecule has 0 unspecified atom stereocenters. The van der Waals surface area contributed by atoms with E-state index in [1.54, 1.807) is 10.9 Å². The minimum Gasteiger partial charge on any atom is -0.349 e. The first-order valence-corrected chi connectivity index (χ1v) is 11.0. The number of aromatic nitrogens is 3. The number of hydrogen-bond acceptors (Lipinski definition) is 4. The van der Waals surface area contributed by atoms with Gasteiger partial charge in [0.25, 0.3) is 5.91 Å². The van der Waals surface area contributed by atoms with E-state index in [1.807, 2.05) is 48.6 Å². The Morgan fingerprint density at radius 3 is 2.45 bits per heavy atom. The van der Waals surface area contributed by atoms with E-state index in [-0.39, 0.29) is 11.9 Å². The van der Waals surface area contributed by atoms with Crippen LogP contribution < -0.4 is 5.32 Å². The maximum atomic E-state index is 12.7. The molecule has 1 aliphatic rings. The van der Waals surface area contributed by atoms with Crippen molar-refractivity contribution < 1.29 is 4.79 Å². The second-order valence-electron chi connectivity index (χ2n) is 7.87. The van der Waals surface area contributed by atoms with Crippen molar-refractivity contribution in [3.8, 4) is 0 Å². The molecule has 0 aliphatic carbocycles. The van der Waals surface area contributed by atoms with Crippen LogP contribution >= 0.6 is 0 Å². The van der Waals surface area contributed by atoms with Gasteiger partial charge in [0.1, 0.15) is 0 Å². The lowest BCUT2D eigenvalue weighted by atomic mass is 10.0. The molecule has 1 fully saturated rings. The van der Waals surface area contributed by atoms with Crippen LogP contribution in [0.5, 0.6) is 0 Å². The number of rotatable bonds is 8. The van der Waals surface area contributed by atoms with Gasteiger partial charge in [0.05, 0.1) is 18.8 Å². The highest BCUT2D eigenvalue weighted by atomic mass is 16.2. The zero-order valence-electron chi connectivity index (χ0n) is 17.7. The standard InChI is InChI=1S/C25H29N5O/c31-25(23-20-30(28-27-23)18-10-13-21-11-4-1-5-12-21)26-19-24(22-14-6-2-7-15-22)29-16-8-3-9-17-29/h1-2,4-7,10-15,20,24H,3,8-9,16-19H2,(H,26,31)/b13-10+/t24-/m1/s1. The van der Waals surface area contributed by atoms with E-state index in [0.717, 1.165) is 18.7 Å². The van der Waals surface area contributed by atoms with Crippen molar-refractivity contribution >= 4 is 12.0 Å². The molecule has 1 saturated heterocycles. The number of amides is 1. The number of likely N-dealkylation sites (tertiary alicyclic amines) is 1. The summed E-state index contributed by atoms with van der Waals surface area (Å²) >= 11 is 0. The highest BCUT2D eigenvalue weighted by molar-refractivity contribution is 5.91. The summed E-state index contributed by atoms with van der Waals surface area (Å²) in [6.45, 7) is 3.26. The van der Waals surface area contributed by atoms with Gasteiger partial charge in [-0.2, -0.15) is 0 Å². The number of nitrogens with zero attached hydrogens (tertiary/aromatic N) is 4. The average Bonchev–Trinajstić information content (AvgIpc) is 3.30. The van der Waals surface area contributed by atoms with Crippen LogP contribution in [0, 0.1) is 0 Å². The molecular formula is C25H29N5O. The van der Waals surface area contributed by atoms with Crippen LogP contribution in [0.25, 0.3) is 6.08 Å². The number of nitrogens with one attached hydrogen (secondary N) is 1. The third-order valence-corrected chi connectivity index (χ3v) is 5.65. The Morgan fingerprint density at radius 1 is 1.00 bits per heavy atom. The van der Waals surface area contributed by atoms with E-state index in [0.29, 0.717) is 18.8 Å². The van der Waals surface area contributed by atoms with Gasteiger partial charge in [0, 0.05) is 6.54 Å². The number of allylic oxidation sites excluding steroid dienone is 1. The Kier molecular flexibility index (Phi) is 7.24. The second-order valence-corrected chi connectivity index (χ2v) is 7.87. The zero-order chi connectivity index (χ0) is 21.3. The van der Waals surface area contributed by atoms with E-state index in [1.165, 1.54) is 24.8 Å². The van der Waals surface area contributed by atoms with Crippen molar-refractivity contribution in [1.82, 2.24) is 25.2 Å². The van der Waals surface area contributed by atoms with Crippen LogP contribution in [0.15, 0.2) is 72.9 Å². The molecule has 0 spiro atoms. The molecule has 1 aliphatic heterocycles. The quantitative estimate of drug-likeness (QED) is 0.605. The normalized spacial score (nSPS) is 15.7. The fourth-order valence-electron chi connectivity index (χ4n) is 4.00. The highest BCUT2D eigenvalue weighted by Crippen LogP contribution is 2.24. The van der Waals surface area contributed by atoms with E-state index in [9.17, 15) is 4.79 Å². The molecule has 2 heterocycles. The fourth-order valence-corrected chi connectivity index (χ4v) is 4.00. The van der Waals surface area contributed by atoms with Crippen LogP contribution in [-0.2, 0) is 6.54 Å². The summed E-state index contributed by atoms with van der Waals surface area (Å²) in [5.74, 6) is -0.184. The minimum absolute atomic E-state index is 0.175. The number of carbonyl (C=O) groups is 1. The summed E-state index contributed by atoms with van der Waals surface area (Å²) in [7, 11) is 0. The van der Waals surface area contributed by atoms with Crippen molar-refractivity contribution in [2.75, 3.05) is 19.6 Å². The van der Waals surface area contributed by atoms with E-state index < -0.39 is 0 Å². The molecule has 2 aromatic carbocycles. The summed E-state index contributed by atoms with van der Waals surface area (Å²) < 4.78 is 1.67. The first kappa shape index (κ1) is 21.0. The molecule has 160 valence electrons. The molecule has 31 heavy (non-hydrogen) atoms. The molecule has 6 nitrogen and oxygen atoms in total. The smallest absolute Gasteiger partial charge is 0.273 e. The van der Waals surface area contributed by atoms with Crippen molar-refractivity contribution in [2.45, 2.75) is 31.8 Å². The fraction of sp³-hybridized carbons (Fsp3) is 0.320. The number of piperidine rings is 1. The zero-order valence-corrected chi connectivity index (χ0v) is 17.7. The Labute approximate surface area is 183 Å². The molecule has 1 amide bonds. The third-order valence-electron chi connectivity index (χ3n) is 5.65. The third kappa shape index (κ3) is 5.89. The number of carbonyl (C=O) groups excluding carboxylic acids is 1. The Balaban J connectivity index is 1.35. The summed E-state index contributed by atoms with van der Waals surface area (Å²) in [5, 5.41) is 11.2. The van der Waals surface area contributed by atoms with E-state index in [4.69, 9.17) is 0 Å². The Morgan fingerprint density at radius 2 is 1.71 bits per heavy atom. The maximum absolute atomic E-state index is 12.7. The van der Waals surface area contributed by atoms with Crippen molar-refractivity contribution in [2.24, 2.45) is 0 Å². The average molecular weight is 416 g/mol. The predicted octanol–water partition coefficient (Wildman–Crippen LogP) is 3.95. The highest BCUT2D eigenvalue weighted by Gasteiger charge is 2.23. The van der Waals surface area contributed by atoms with Gasteiger partial charge in [-0.25, -0.2) is 4.68 Å². The SMILES string of the molecule is O=C(NC[C@H](c1ccccc1)N1CCCCC1)c1cn(C/C=C/c2ccccc2)nn1. The van der Waals surface area contributed by atoms with Crippen LogP contribution in [-0.4, -0.2) is 45.4 Å². The molecule has 0 saturated carbocycles. The summed E-state index contributed by atoms with van der Waals surface area (Å²) in [4.78, 5) is 15.2. The van der Waals surface area contributed by atoms with Crippen LogP contribution in [0.4, 0.5) is 0 Å². The van der Waals surface area contributed by atoms with Gasteiger partial charge in [0.2, 0.25) is 0 Å². The molecule has 3 aromatic rings. The summed E-state index contributed by atoms with van der Waals surface area (Å²) in [6, 6.07) is 20.7. The lowest BCUT2D eigenvalue weighted by Crippen LogP contribution is -2.40. The Hall–Kier alpha value is -3.25. The van der Waals surface area contributed by atoms with Gasteiger partial charge in [-0.15, -0.1) is 5.10 Å². The first-order valence-electron chi connectivity index (χ1n) is 11.0. The maximum Gasteiger partial charge on any atom is 0.273 e. The lowest BCUT2D eigenvalue weighted by molar-refractivity contribution is 0.0919. The van der Waals surface area contributed by atoms with E-state index >= 15 is 0 Å². The molecule has 1 aromatic heterocycles. The van der Waals surface area contributed by atoms with Gasteiger partial charge < -0.3 is 5.32 Å². The van der Waals surface area contributed by atoms with Crippen molar-refractivity contribution in [3.05, 3.63) is 89.8 Å². The van der Waals surface area contributed by atoms with Crippen molar-refractivity contribution in [3.63, 3.8) is 0 Å². The molecule has 6 heteroatoms. The molecule has 4 rings (SSSR count). The molecule has 0 radical (unpaired) electrons. The van der Waals surface area contributed by atoms with Gasteiger partial charge in [-0.3, -0.25) is 9.69 Å². The van der Waals surface area contributed by atoms with Crippen LogP contribution in [0.3, 0.4) is 0 Å². The Bertz CT molecular complexity index is 977. The van der Waals surface area contributed by atoms with Crippen LogP contribution in [0.2, 0.25) is 0 Å². The molecule has 0 bridgehead atoms. The largest absolute Gasteiger partial charge is 0.349 e. The van der Waals surface area contributed by atoms with E-state index in [2.05, 4.69) is 44.8 Å². The molecule has 1 N–H and O–H groups in total. The lowest BCUT2D eigenvalue weighted by Gasteiger charge is -2.35. The minimum atomic E-state index is -0.184. The van der Waals surface area contributed by atoms with Gasteiger partial charge in [0.15, 0.2) is 5.69 Å².